The molecule has 1 aliphatic rings. The Balaban J connectivity index is 1.54. The van der Waals surface area contributed by atoms with E-state index in [9.17, 15) is 9.59 Å². The van der Waals surface area contributed by atoms with E-state index in [4.69, 9.17) is 4.74 Å². The molecule has 6 nitrogen and oxygen atoms in total. The molecule has 27 heavy (non-hydrogen) atoms. The number of anilines is 1. The quantitative estimate of drug-likeness (QED) is 0.850. The van der Waals surface area contributed by atoms with E-state index >= 15 is 0 Å². The van der Waals surface area contributed by atoms with E-state index in [0.717, 1.165) is 12.1 Å². The molecule has 3 rings (SSSR count). The van der Waals surface area contributed by atoms with Crippen LogP contribution in [0.4, 0.5) is 5.69 Å². The number of hydrogen-bond donors (Lipinski definition) is 1. The fourth-order valence-corrected chi connectivity index (χ4v) is 3.15. The van der Waals surface area contributed by atoms with Gasteiger partial charge in [-0.05, 0) is 49.6 Å². The summed E-state index contributed by atoms with van der Waals surface area (Å²) < 4.78 is 5.61. The van der Waals surface area contributed by atoms with Gasteiger partial charge in [-0.25, -0.2) is 0 Å². The molecule has 1 N–H and O–H groups in total. The van der Waals surface area contributed by atoms with E-state index in [1.165, 1.54) is 0 Å². The molecule has 6 heteroatoms. The van der Waals surface area contributed by atoms with Crippen LogP contribution in [0.2, 0.25) is 0 Å². The second-order valence-electron chi connectivity index (χ2n) is 6.67. The maximum absolute atomic E-state index is 12.8. The molecule has 0 saturated carbocycles. The Kier molecular flexibility index (Phi) is 6.41. The highest BCUT2D eigenvalue weighted by Gasteiger charge is 2.28. The van der Waals surface area contributed by atoms with Crippen molar-refractivity contribution in [3.8, 4) is 5.75 Å². The lowest BCUT2D eigenvalue weighted by Crippen LogP contribution is -2.41. The third-order valence-electron chi connectivity index (χ3n) is 4.65. The largest absolute Gasteiger partial charge is 0.494 e. The van der Waals surface area contributed by atoms with Gasteiger partial charge in [-0.15, -0.1) is 0 Å². The number of amides is 2. The Morgan fingerprint density at radius 2 is 1.93 bits per heavy atom. The van der Waals surface area contributed by atoms with Gasteiger partial charge in [-0.3, -0.25) is 14.6 Å². The third-order valence-corrected chi connectivity index (χ3v) is 4.65. The number of aromatic nitrogens is 1. The number of rotatable bonds is 6. The van der Waals surface area contributed by atoms with Gasteiger partial charge in [0.05, 0.1) is 6.61 Å². The van der Waals surface area contributed by atoms with Crippen molar-refractivity contribution in [1.82, 2.24) is 9.88 Å². The molecule has 1 aliphatic heterocycles. The summed E-state index contributed by atoms with van der Waals surface area (Å²) >= 11 is 0. The first kappa shape index (κ1) is 18.9. The summed E-state index contributed by atoms with van der Waals surface area (Å²) in [6.45, 7) is 3.83. The molecule has 1 saturated heterocycles. The molecule has 1 aromatic heterocycles. The van der Waals surface area contributed by atoms with Crippen molar-refractivity contribution in [2.24, 2.45) is 5.92 Å². The van der Waals surface area contributed by atoms with Gasteiger partial charge in [0.25, 0.3) is 5.91 Å². The maximum atomic E-state index is 12.8. The van der Waals surface area contributed by atoms with Crippen molar-refractivity contribution in [1.29, 1.82) is 0 Å². The second kappa shape index (κ2) is 9.16. The molecule has 0 atom stereocenters. The number of likely N-dealkylation sites (tertiary alicyclic amines) is 1. The van der Waals surface area contributed by atoms with E-state index in [1.54, 1.807) is 30.6 Å². The van der Waals surface area contributed by atoms with Crippen LogP contribution in [0, 0.1) is 5.92 Å². The van der Waals surface area contributed by atoms with Crippen molar-refractivity contribution in [2.45, 2.75) is 26.2 Å². The summed E-state index contributed by atoms with van der Waals surface area (Å²) in [4.78, 5) is 30.9. The zero-order valence-corrected chi connectivity index (χ0v) is 15.6. The van der Waals surface area contributed by atoms with Crippen molar-refractivity contribution < 1.29 is 14.3 Å². The highest BCUT2D eigenvalue weighted by atomic mass is 16.5. The summed E-state index contributed by atoms with van der Waals surface area (Å²) in [6, 6.07) is 10.8. The predicted molar refractivity (Wildman–Crippen MR) is 104 cm³/mol. The molecule has 142 valence electrons. The van der Waals surface area contributed by atoms with Crippen molar-refractivity contribution in [3.05, 3.63) is 54.4 Å². The number of piperidine rings is 1. The van der Waals surface area contributed by atoms with Crippen molar-refractivity contribution in [3.63, 3.8) is 0 Å². The summed E-state index contributed by atoms with van der Waals surface area (Å²) in [5.41, 5.74) is 1.38. The zero-order valence-electron chi connectivity index (χ0n) is 15.6. The first-order valence-corrected chi connectivity index (χ1v) is 9.40. The van der Waals surface area contributed by atoms with Crippen LogP contribution >= 0.6 is 0 Å². The van der Waals surface area contributed by atoms with Gasteiger partial charge in [0, 0.05) is 42.7 Å². The number of carbonyl (C=O) groups is 2. The number of benzene rings is 1. The Bertz CT molecular complexity index is 771. The van der Waals surface area contributed by atoms with E-state index in [-0.39, 0.29) is 17.7 Å². The van der Waals surface area contributed by atoms with E-state index in [1.807, 2.05) is 30.0 Å². The van der Waals surface area contributed by atoms with Gasteiger partial charge in [0.15, 0.2) is 0 Å². The minimum Gasteiger partial charge on any atom is -0.494 e. The lowest BCUT2D eigenvalue weighted by molar-refractivity contribution is -0.121. The molecule has 0 bridgehead atoms. The minimum absolute atomic E-state index is 0.00302. The lowest BCUT2D eigenvalue weighted by atomic mass is 9.95. The van der Waals surface area contributed by atoms with Crippen LogP contribution in [0.5, 0.6) is 5.75 Å². The fraction of sp³-hybridized carbons (Fsp3) is 0.381. The molecule has 0 aliphatic carbocycles. The monoisotopic (exact) mass is 367 g/mol. The second-order valence-corrected chi connectivity index (χ2v) is 6.67. The smallest absolute Gasteiger partial charge is 0.253 e. The molecule has 0 radical (unpaired) electrons. The Morgan fingerprint density at radius 3 is 2.63 bits per heavy atom. The van der Waals surface area contributed by atoms with Crippen LogP contribution < -0.4 is 10.1 Å². The normalized spacial score (nSPS) is 14.6. The van der Waals surface area contributed by atoms with Crippen LogP contribution in [0.15, 0.2) is 48.8 Å². The number of nitrogens with one attached hydrogen (secondary N) is 1. The number of pyridine rings is 1. The molecule has 2 aromatic rings. The number of carbonyl (C=O) groups excluding carboxylic acids is 2. The van der Waals surface area contributed by atoms with Crippen molar-refractivity contribution >= 4 is 17.5 Å². The average molecular weight is 367 g/mol. The summed E-state index contributed by atoms with van der Waals surface area (Å²) in [7, 11) is 0. The van der Waals surface area contributed by atoms with Crippen LogP contribution in [0.3, 0.4) is 0 Å². The van der Waals surface area contributed by atoms with E-state index < -0.39 is 0 Å². The Morgan fingerprint density at radius 1 is 1.19 bits per heavy atom. The van der Waals surface area contributed by atoms with Crippen LogP contribution in [0.25, 0.3) is 0 Å². The highest BCUT2D eigenvalue weighted by Crippen LogP contribution is 2.22. The molecule has 0 unspecified atom stereocenters. The zero-order chi connectivity index (χ0) is 19.1. The van der Waals surface area contributed by atoms with E-state index in [0.29, 0.717) is 43.9 Å². The minimum atomic E-state index is -0.0820. The summed E-state index contributed by atoms with van der Waals surface area (Å²) in [5, 5.41) is 2.92. The number of nitrogens with zero attached hydrogens (tertiary/aromatic N) is 2. The molecule has 1 fully saturated rings. The molecular weight excluding hydrogens is 342 g/mol. The molecular formula is C21H25N3O3. The molecule has 1 aromatic carbocycles. The van der Waals surface area contributed by atoms with Gasteiger partial charge in [0.1, 0.15) is 5.75 Å². The molecule has 0 spiro atoms. The number of hydrogen-bond acceptors (Lipinski definition) is 4. The first-order valence-electron chi connectivity index (χ1n) is 9.40. The standard InChI is InChI=1S/C21H25N3O3/c1-2-14-27-19-5-3-4-17(15-19)21(26)24-12-8-16(9-13-24)20(25)23-18-6-10-22-11-7-18/h3-7,10-11,15-16H,2,8-9,12-14H2,1H3,(H,22,23,25). The van der Waals surface area contributed by atoms with Gasteiger partial charge in [-0.2, -0.15) is 0 Å². The van der Waals surface area contributed by atoms with E-state index in [2.05, 4.69) is 10.3 Å². The molecule has 2 heterocycles. The van der Waals surface area contributed by atoms with Gasteiger partial charge in [0.2, 0.25) is 5.91 Å². The highest BCUT2D eigenvalue weighted by molar-refractivity contribution is 5.95. The van der Waals surface area contributed by atoms with Crippen LogP contribution in [-0.2, 0) is 4.79 Å². The predicted octanol–water partition coefficient (Wildman–Crippen LogP) is 3.36. The van der Waals surface area contributed by atoms with Gasteiger partial charge in [-0.1, -0.05) is 13.0 Å². The fourth-order valence-electron chi connectivity index (χ4n) is 3.15. The summed E-state index contributed by atoms with van der Waals surface area (Å²) in [6.07, 6.45) is 5.54. The first-order chi connectivity index (χ1) is 13.2. The summed E-state index contributed by atoms with van der Waals surface area (Å²) in [5.74, 6) is 0.629. The number of ether oxygens (including phenoxy) is 1. The average Bonchev–Trinajstić information content (AvgIpc) is 2.73. The van der Waals surface area contributed by atoms with Gasteiger partial charge < -0.3 is 15.0 Å². The Labute approximate surface area is 159 Å². The van der Waals surface area contributed by atoms with Crippen molar-refractivity contribution in [2.75, 3.05) is 25.0 Å². The topological polar surface area (TPSA) is 71.5 Å². The SMILES string of the molecule is CCCOc1cccc(C(=O)N2CCC(C(=O)Nc3ccncc3)CC2)c1. The lowest BCUT2D eigenvalue weighted by Gasteiger charge is -2.31. The third kappa shape index (κ3) is 5.06. The Hall–Kier alpha value is -2.89. The molecule has 2 amide bonds. The van der Waals surface area contributed by atoms with Crippen LogP contribution in [0.1, 0.15) is 36.5 Å². The maximum Gasteiger partial charge on any atom is 0.253 e. The van der Waals surface area contributed by atoms with Crippen LogP contribution in [-0.4, -0.2) is 41.4 Å². The van der Waals surface area contributed by atoms with Gasteiger partial charge >= 0.3 is 0 Å².